The summed E-state index contributed by atoms with van der Waals surface area (Å²) in [6.07, 6.45) is 1.40. The Morgan fingerprint density at radius 1 is 1.41 bits per heavy atom. The van der Waals surface area contributed by atoms with Gasteiger partial charge in [0.1, 0.15) is 0 Å². The van der Waals surface area contributed by atoms with E-state index in [1.807, 2.05) is 0 Å². The summed E-state index contributed by atoms with van der Waals surface area (Å²) in [7, 11) is 1.45. The third-order valence-electron chi connectivity index (χ3n) is 2.94. The molecular formula is C12H21NO4. The van der Waals surface area contributed by atoms with Crippen LogP contribution in [-0.4, -0.2) is 42.3 Å². The van der Waals surface area contributed by atoms with E-state index < -0.39 is 11.7 Å². The number of ether oxygens (including phenoxy) is 2. The second-order valence-corrected chi connectivity index (χ2v) is 4.45. The molecule has 17 heavy (non-hydrogen) atoms. The second-order valence-electron chi connectivity index (χ2n) is 4.45. The lowest BCUT2D eigenvalue weighted by Gasteiger charge is -2.35. The molecule has 1 aliphatic rings. The van der Waals surface area contributed by atoms with Gasteiger partial charge in [0, 0.05) is 26.5 Å². The standard InChI is InChI=1S/C12H21NO4/c1-5-10(14)13-8-6-7-12(13,16-4)11(15)17-9(2)3/h9H,5-8H2,1-4H3/t12-/m1/s1. The Hall–Kier alpha value is -1.10. The van der Waals surface area contributed by atoms with Gasteiger partial charge in [-0.2, -0.15) is 0 Å². The summed E-state index contributed by atoms with van der Waals surface area (Å²) >= 11 is 0. The SMILES string of the molecule is CCC(=O)N1CCC[C@@]1(OC)C(=O)OC(C)C. The number of rotatable bonds is 4. The van der Waals surface area contributed by atoms with Gasteiger partial charge in [-0.3, -0.25) is 4.79 Å². The van der Waals surface area contributed by atoms with Crippen molar-refractivity contribution in [3.63, 3.8) is 0 Å². The molecule has 0 saturated carbocycles. The molecule has 1 atom stereocenters. The molecule has 1 aliphatic heterocycles. The molecule has 1 saturated heterocycles. The molecule has 0 aromatic rings. The van der Waals surface area contributed by atoms with Crippen molar-refractivity contribution in [2.24, 2.45) is 0 Å². The van der Waals surface area contributed by atoms with E-state index in [2.05, 4.69) is 0 Å². The zero-order chi connectivity index (χ0) is 13.1. The fraction of sp³-hybridized carbons (Fsp3) is 0.833. The lowest BCUT2D eigenvalue weighted by molar-refractivity contribution is -0.196. The van der Waals surface area contributed by atoms with Gasteiger partial charge in [-0.15, -0.1) is 0 Å². The highest BCUT2D eigenvalue weighted by Gasteiger charge is 2.51. The quantitative estimate of drug-likeness (QED) is 0.699. The lowest BCUT2D eigenvalue weighted by Crippen LogP contribution is -2.55. The van der Waals surface area contributed by atoms with Crippen LogP contribution in [0.4, 0.5) is 0 Å². The first-order valence-corrected chi connectivity index (χ1v) is 6.04. The largest absolute Gasteiger partial charge is 0.459 e. The number of amides is 1. The second kappa shape index (κ2) is 5.49. The van der Waals surface area contributed by atoms with Crippen LogP contribution in [0.5, 0.6) is 0 Å². The van der Waals surface area contributed by atoms with Gasteiger partial charge in [0.25, 0.3) is 0 Å². The molecule has 0 unspecified atom stereocenters. The van der Waals surface area contributed by atoms with Crippen LogP contribution in [0.2, 0.25) is 0 Å². The predicted octanol–water partition coefficient (Wildman–Crippen LogP) is 1.31. The number of nitrogens with zero attached hydrogens (tertiary/aromatic N) is 1. The zero-order valence-electron chi connectivity index (χ0n) is 11.0. The van der Waals surface area contributed by atoms with Crippen LogP contribution in [0.25, 0.3) is 0 Å². The summed E-state index contributed by atoms with van der Waals surface area (Å²) in [6.45, 7) is 5.88. The minimum atomic E-state index is -1.21. The van der Waals surface area contributed by atoms with Crippen molar-refractivity contribution in [2.75, 3.05) is 13.7 Å². The zero-order valence-corrected chi connectivity index (χ0v) is 11.0. The van der Waals surface area contributed by atoms with E-state index in [-0.39, 0.29) is 12.0 Å². The number of carbonyl (C=O) groups excluding carboxylic acids is 2. The highest BCUT2D eigenvalue weighted by molar-refractivity contribution is 5.87. The Bertz CT molecular complexity index is 303. The highest BCUT2D eigenvalue weighted by atomic mass is 16.6. The molecule has 1 heterocycles. The van der Waals surface area contributed by atoms with E-state index in [0.717, 1.165) is 6.42 Å². The van der Waals surface area contributed by atoms with Crippen LogP contribution in [-0.2, 0) is 19.1 Å². The van der Waals surface area contributed by atoms with Gasteiger partial charge in [0.15, 0.2) is 0 Å². The molecule has 0 radical (unpaired) electrons. The van der Waals surface area contributed by atoms with E-state index in [9.17, 15) is 9.59 Å². The van der Waals surface area contributed by atoms with Gasteiger partial charge in [-0.25, -0.2) is 4.79 Å². The average Bonchev–Trinajstić information content (AvgIpc) is 2.71. The van der Waals surface area contributed by atoms with E-state index in [1.165, 1.54) is 12.0 Å². The topological polar surface area (TPSA) is 55.8 Å². The number of esters is 1. The fourth-order valence-electron chi connectivity index (χ4n) is 2.12. The monoisotopic (exact) mass is 243 g/mol. The van der Waals surface area contributed by atoms with Crippen LogP contribution < -0.4 is 0 Å². The molecule has 0 spiro atoms. The van der Waals surface area contributed by atoms with E-state index in [1.54, 1.807) is 20.8 Å². The van der Waals surface area contributed by atoms with Crippen LogP contribution >= 0.6 is 0 Å². The van der Waals surface area contributed by atoms with E-state index >= 15 is 0 Å². The van der Waals surface area contributed by atoms with E-state index in [0.29, 0.717) is 19.4 Å². The molecule has 98 valence electrons. The molecule has 0 N–H and O–H groups in total. The van der Waals surface area contributed by atoms with Crippen molar-refractivity contribution in [3.8, 4) is 0 Å². The van der Waals surface area contributed by atoms with Crippen molar-refractivity contribution in [2.45, 2.75) is 51.9 Å². The normalized spacial score (nSPS) is 24.2. The first-order valence-electron chi connectivity index (χ1n) is 6.04. The minimum absolute atomic E-state index is 0.0787. The number of hydrogen-bond donors (Lipinski definition) is 0. The molecule has 1 fully saturated rings. The molecular weight excluding hydrogens is 222 g/mol. The highest BCUT2D eigenvalue weighted by Crippen LogP contribution is 2.32. The number of hydrogen-bond acceptors (Lipinski definition) is 4. The molecule has 1 amide bonds. The Balaban J connectivity index is 2.92. The Labute approximate surface area is 102 Å². The maximum Gasteiger partial charge on any atom is 0.360 e. The van der Waals surface area contributed by atoms with Gasteiger partial charge < -0.3 is 14.4 Å². The van der Waals surface area contributed by atoms with Crippen LogP contribution in [0.15, 0.2) is 0 Å². The van der Waals surface area contributed by atoms with E-state index in [4.69, 9.17) is 9.47 Å². The Morgan fingerprint density at radius 2 is 2.06 bits per heavy atom. The molecule has 5 nitrogen and oxygen atoms in total. The maximum atomic E-state index is 12.1. The summed E-state index contributed by atoms with van der Waals surface area (Å²) in [5.41, 5.74) is -1.21. The smallest absolute Gasteiger partial charge is 0.360 e. The summed E-state index contributed by atoms with van der Waals surface area (Å²) in [6, 6.07) is 0. The van der Waals surface area contributed by atoms with Crippen molar-refractivity contribution in [1.82, 2.24) is 4.90 Å². The third-order valence-corrected chi connectivity index (χ3v) is 2.94. The van der Waals surface area contributed by atoms with Crippen molar-refractivity contribution in [3.05, 3.63) is 0 Å². The predicted molar refractivity (Wildman–Crippen MR) is 62.2 cm³/mol. The molecule has 1 rings (SSSR count). The molecule has 0 aromatic carbocycles. The summed E-state index contributed by atoms with van der Waals surface area (Å²) in [4.78, 5) is 25.4. The van der Waals surface area contributed by atoms with Crippen molar-refractivity contribution < 1.29 is 19.1 Å². The molecule has 0 aliphatic carbocycles. The third kappa shape index (κ3) is 2.60. The Morgan fingerprint density at radius 3 is 2.53 bits per heavy atom. The van der Waals surface area contributed by atoms with Crippen LogP contribution in [0, 0.1) is 0 Å². The van der Waals surface area contributed by atoms with Crippen LogP contribution in [0.3, 0.4) is 0 Å². The maximum absolute atomic E-state index is 12.1. The van der Waals surface area contributed by atoms with Crippen LogP contribution in [0.1, 0.15) is 40.0 Å². The lowest BCUT2D eigenvalue weighted by atomic mass is 10.1. The van der Waals surface area contributed by atoms with Gasteiger partial charge in [-0.05, 0) is 20.3 Å². The number of carbonyl (C=O) groups is 2. The van der Waals surface area contributed by atoms with Gasteiger partial charge in [-0.1, -0.05) is 6.92 Å². The minimum Gasteiger partial charge on any atom is -0.459 e. The first kappa shape index (κ1) is 14.0. The summed E-state index contributed by atoms with van der Waals surface area (Å²) in [5.74, 6) is -0.542. The van der Waals surface area contributed by atoms with Crippen molar-refractivity contribution in [1.29, 1.82) is 0 Å². The van der Waals surface area contributed by atoms with Crippen molar-refractivity contribution >= 4 is 11.9 Å². The Kier molecular flexibility index (Phi) is 4.51. The van der Waals surface area contributed by atoms with Gasteiger partial charge in [0.2, 0.25) is 11.6 Å². The number of likely N-dealkylation sites (tertiary alicyclic amines) is 1. The van der Waals surface area contributed by atoms with Gasteiger partial charge in [0.05, 0.1) is 6.10 Å². The molecule has 5 heteroatoms. The molecule has 0 bridgehead atoms. The average molecular weight is 243 g/mol. The van der Waals surface area contributed by atoms with Gasteiger partial charge >= 0.3 is 5.97 Å². The fourth-order valence-corrected chi connectivity index (χ4v) is 2.12. The molecule has 0 aromatic heterocycles. The summed E-state index contributed by atoms with van der Waals surface area (Å²) in [5, 5.41) is 0. The first-order chi connectivity index (χ1) is 7.97. The number of methoxy groups -OCH3 is 1. The summed E-state index contributed by atoms with van der Waals surface area (Å²) < 4.78 is 10.5.